The Morgan fingerprint density at radius 1 is 0.262 bits per heavy atom. The highest BCUT2D eigenvalue weighted by Gasteiger charge is 2.28. The van der Waals surface area contributed by atoms with Crippen LogP contribution in [0.3, 0.4) is 0 Å². The minimum atomic E-state index is -0.0177. The van der Waals surface area contributed by atoms with Gasteiger partial charge in [-0.15, -0.1) is 0 Å². The number of rotatable bonds is 8. The molecule has 16 rings (SSSR count). The van der Waals surface area contributed by atoms with E-state index in [4.69, 9.17) is 17.7 Å². The molecule has 4 aromatic heterocycles. The van der Waals surface area contributed by atoms with Gasteiger partial charge in [0.2, 0.25) is 0 Å². The Labute approximate surface area is 486 Å². The fourth-order valence-corrected chi connectivity index (χ4v) is 12.8. The van der Waals surface area contributed by atoms with Gasteiger partial charge in [0.05, 0.1) is 22.7 Å². The SMILES string of the molecule is CC(C)(C)c1ccc(N(c2ccc3c(c2)oc2cc4cc5c(cc4cc23)oc2cc(N(c3ccc(C(C)(C)C)cc3)c3c(-c4ccccc4)ccc4c3oc3ccccc34)ccc25)c2c(-c3ccccc3)ccc3c2oc2ccccc23)cc1. The lowest BCUT2D eigenvalue weighted by Gasteiger charge is -2.29. The van der Waals surface area contributed by atoms with Crippen LogP contribution < -0.4 is 9.80 Å². The van der Waals surface area contributed by atoms with Gasteiger partial charge in [-0.25, -0.2) is 0 Å². The lowest BCUT2D eigenvalue weighted by molar-refractivity contribution is 0.590. The molecule has 0 saturated heterocycles. The summed E-state index contributed by atoms with van der Waals surface area (Å²) in [6.07, 6.45) is 0. The van der Waals surface area contributed by atoms with E-state index < -0.39 is 0 Å². The average Bonchev–Trinajstić information content (AvgIpc) is 1.89. The van der Waals surface area contributed by atoms with Gasteiger partial charge in [-0.2, -0.15) is 0 Å². The Bertz CT molecular complexity index is 4930. The zero-order chi connectivity index (χ0) is 56.6. The predicted octanol–water partition coefficient (Wildman–Crippen LogP) is 23.3. The quantitative estimate of drug-likeness (QED) is 0.151. The molecule has 6 nitrogen and oxygen atoms in total. The third-order valence-electron chi connectivity index (χ3n) is 17.1. The average molecular weight is 1090 g/mol. The van der Waals surface area contributed by atoms with E-state index in [1.54, 1.807) is 0 Å². The summed E-state index contributed by atoms with van der Waals surface area (Å²) in [4.78, 5) is 4.69. The van der Waals surface area contributed by atoms with E-state index in [-0.39, 0.29) is 10.8 Å². The van der Waals surface area contributed by atoms with Crippen LogP contribution in [0.1, 0.15) is 52.7 Å². The van der Waals surface area contributed by atoms with E-state index in [0.717, 1.165) is 155 Å². The van der Waals surface area contributed by atoms with Crippen LogP contribution in [0.5, 0.6) is 0 Å². The summed E-state index contributed by atoms with van der Waals surface area (Å²) in [7, 11) is 0. The first-order chi connectivity index (χ1) is 40.9. The molecule has 12 aromatic carbocycles. The van der Waals surface area contributed by atoms with Gasteiger partial charge in [-0.3, -0.25) is 0 Å². The molecule has 0 bridgehead atoms. The zero-order valence-electron chi connectivity index (χ0n) is 47.6. The van der Waals surface area contributed by atoms with Crippen LogP contribution in [0.25, 0.3) is 121 Å². The molecular formula is C78H58N2O4. The summed E-state index contributed by atoms with van der Waals surface area (Å²) in [5.74, 6) is 0. The van der Waals surface area contributed by atoms with E-state index in [2.05, 4.69) is 282 Å². The molecule has 0 aliphatic carbocycles. The molecule has 0 amide bonds. The number of furan rings is 4. The summed E-state index contributed by atoms with van der Waals surface area (Å²) >= 11 is 0. The van der Waals surface area contributed by atoms with Crippen molar-refractivity contribution in [3.8, 4) is 22.3 Å². The third-order valence-corrected chi connectivity index (χ3v) is 17.1. The molecule has 0 spiro atoms. The van der Waals surface area contributed by atoms with Gasteiger partial charge in [-0.1, -0.05) is 175 Å². The Kier molecular flexibility index (Phi) is 11.0. The van der Waals surface area contributed by atoms with Gasteiger partial charge in [-0.05, 0) is 141 Å². The first kappa shape index (κ1) is 49.5. The van der Waals surface area contributed by atoms with Gasteiger partial charge in [0.25, 0.3) is 0 Å². The van der Waals surface area contributed by atoms with Crippen molar-refractivity contribution >= 4 is 133 Å². The van der Waals surface area contributed by atoms with Crippen molar-refractivity contribution in [1.82, 2.24) is 0 Å². The van der Waals surface area contributed by atoms with Gasteiger partial charge in [0, 0.05) is 77.7 Å². The number of hydrogen-bond acceptors (Lipinski definition) is 6. The normalized spacial score (nSPS) is 12.4. The maximum absolute atomic E-state index is 6.97. The second-order valence-electron chi connectivity index (χ2n) is 24.5. The molecule has 0 aliphatic rings. The Morgan fingerprint density at radius 2 is 0.607 bits per heavy atom. The van der Waals surface area contributed by atoms with E-state index in [1.165, 1.54) is 11.1 Å². The summed E-state index contributed by atoms with van der Waals surface area (Å²) in [6, 6.07) is 86.7. The van der Waals surface area contributed by atoms with Gasteiger partial charge < -0.3 is 27.5 Å². The molecule has 0 atom stereocenters. The number of para-hydroxylation sites is 2. The number of benzene rings is 12. The van der Waals surface area contributed by atoms with Crippen molar-refractivity contribution < 1.29 is 17.7 Å². The Balaban J connectivity index is 0.843. The summed E-state index contributed by atoms with van der Waals surface area (Å²) < 4.78 is 27.8. The summed E-state index contributed by atoms with van der Waals surface area (Å²) in [5.41, 5.74) is 19.2. The Morgan fingerprint density at radius 3 is 1.01 bits per heavy atom. The van der Waals surface area contributed by atoms with Crippen molar-refractivity contribution in [1.29, 1.82) is 0 Å². The van der Waals surface area contributed by atoms with Crippen LogP contribution in [0, 0.1) is 0 Å². The van der Waals surface area contributed by atoms with Gasteiger partial charge in [0.15, 0.2) is 11.2 Å². The van der Waals surface area contributed by atoms with Gasteiger partial charge >= 0.3 is 0 Å². The third kappa shape index (κ3) is 8.00. The highest BCUT2D eigenvalue weighted by molar-refractivity contribution is 6.18. The first-order valence-electron chi connectivity index (χ1n) is 29.0. The van der Waals surface area contributed by atoms with Crippen LogP contribution in [0.15, 0.2) is 260 Å². The van der Waals surface area contributed by atoms with Crippen molar-refractivity contribution in [2.45, 2.75) is 52.4 Å². The molecular weight excluding hydrogens is 1030 g/mol. The maximum Gasteiger partial charge on any atom is 0.160 e. The van der Waals surface area contributed by atoms with Crippen LogP contribution in [-0.4, -0.2) is 0 Å². The smallest absolute Gasteiger partial charge is 0.160 e. The standard InChI is InChI=1S/C78H58N2O4/c1-77(2,3)51-25-29-53(30-26-51)79(73-57(47-17-9-7-10-18-47)37-39-63-59-21-13-15-23-67(59)83-75(63)73)55-33-35-61-65-41-49-44-70-66(42-50(49)43-69(65)81-71(61)45-55)62-36-34-56(46-72(62)82-70)80(54-31-27-52(28-32-54)78(4,5)6)74-58(48-19-11-8-12-20-48)38-40-64-60-22-14-16-24-68(60)84-76(64)74/h7-46H,1-6H3. The molecule has 0 radical (unpaired) electrons. The molecule has 84 heavy (non-hydrogen) atoms. The molecule has 0 saturated carbocycles. The van der Waals surface area contributed by atoms with E-state index in [0.29, 0.717) is 0 Å². The second-order valence-corrected chi connectivity index (χ2v) is 24.5. The molecule has 0 fully saturated rings. The van der Waals surface area contributed by atoms with Gasteiger partial charge in [0.1, 0.15) is 33.5 Å². The molecule has 0 aliphatic heterocycles. The topological polar surface area (TPSA) is 59.0 Å². The van der Waals surface area contributed by atoms with Crippen molar-refractivity contribution in [3.63, 3.8) is 0 Å². The molecule has 404 valence electrons. The number of hydrogen-bond donors (Lipinski definition) is 0. The molecule has 16 aromatic rings. The van der Waals surface area contributed by atoms with Crippen LogP contribution >= 0.6 is 0 Å². The van der Waals surface area contributed by atoms with Crippen LogP contribution in [0.4, 0.5) is 34.1 Å². The fourth-order valence-electron chi connectivity index (χ4n) is 12.8. The molecule has 6 heteroatoms. The zero-order valence-corrected chi connectivity index (χ0v) is 47.6. The number of anilines is 6. The highest BCUT2D eigenvalue weighted by Crippen LogP contribution is 2.51. The van der Waals surface area contributed by atoms with Crippen molar-refractivity contribution in [2.24, 2.45) is 0 Å². The van der Waals surface area contributed by atoms with Crippen LogP contribution in [-0.2, 0) is 10.8 Å². The Hall–Kier alpha value is -10.3. The number of fused-ring (bicyclic) bond motifs is 13. The van der Waals surface area contributed by atoms with Crippen LogP contribution in [0.2, 0.25) is 0 Å². The summed E-state index contributed by atoms with van der Waals surface area (Å²) in [6.45, 7) is 13.5. The maximum atomic E-state index is 6.97. The largest absolute Gasteiger partial charge is 0.456 e. The summed E-state index contributed by atoms with van der Waals surface area (Å²) in [5, 5.41) is 10.5. The minimum Gasteiger partial charge on any atom is -0.456 e. The second kappa shape index (κ2) is 18.6. The van der Waals surface area contributed by atoms with E-state index >= 15 is 0 Å². The highest BCUT2D eigenvalue weighted by atomic mass is 16.3. The first-order valence-corrected chi connectivity index (χ1v) is 29.0. The monoisotopic (exact) mass is 1090 g/mol. The predicted molar refractivity (Wildman–Crippen MR) is 351 cm³/mol. The lowest BCUT2D eigenvalue weighted by Crippen LogP contribution is -2.14. The molecule has 0 N–H and O–H groups in total. The minimum absolute atomic E-state index is 0.0177. The number of nitrogens with zero attached hydrogens (tertiary/aromatic N) is 2. The molecule has 0 unspecified atom stereocenters. The van der Waals surface area contributed by atoms with Crippen molar-refractivity contribution in [2.75, 3.05) is 9.80 Å². The van der Waals surface area contributed by atoms with E-state index in [1.807, 2.05) is 12.1 Å². The van der Waals surface area contributed by atoms with Crippen molar-refractivity contribution in [3.05, 3.63) is 254 Å². The fraction of sp³-hybridized carbons (Fsp3) is 0.103. The van der Waals surface area contributed by atoms with E-state index in [9.17, 15) is 0 Å². The lowest BCUT2D eigenvalue weighted by atomic mass is 9.87. The molecule has 4 heterocycles.